The third kappa shape index (κ3) is 6.87. The smallest absolute Gasteiger partial charge is 0.389 e. The molecule has 3 aromatic rings. The van der Waals surface area contributed by atoms with Crippen LogP contribution in [0.15, 0.2) is 58.4 Å². The predicted molar refractivity (Wildman–Crippen MR) is 124 cm³/mol. The van der Waals surface area contributed by atoms with Crippen molar-refractivity contribution in [1.29, 1.82) is 0 Å². The Bertz CT molecular complexity index is 1120. The zero-order valence-corrected chi connectivity index (χ0v) is 19.4. The number of nitrogens with zero attached hydrogens (tertiary/aromatic N) is 1. The summed E-state index contributed by atoms with van der Waals surface area (Å²) >= 11 is 1.27. The molecule has 0 saturated heterocycles. The van der Waals surface area contributed by atoms with Crippen molar-refractivity contribution in [2.24, 2.45) is 5.92 Å². The second-order valence-corrected chi connectivity index (χ2v) is 8.74. The third-order valence-electron chi connectivity index (χ3n) is 5.12. The average molecular weight is 478 g/mol. The van der Waals surface area contributed by atoms with E-state index in [0.29, 0.717) is 11.3 Å². The second kappa shape index (κ2) is 10.9. The molecule has 0 fully saturated rings. The number of pyridine rings is 1. The number of alkyl halides is 3. The largest absolute Gasteiger partial charge is 0.462 e. The summed E-state index contributed by atoms with van der Waals surface area (Å²) in [4.78, 5) is 16.7. The molecular weight excluding hydrogens is 451 g/mol. The Kier molecular flexibility index (Phi) is 8.24. The van der Waals surface area contributed by atoms with Gasteiger partial charge in [0.2, 0.25) is 0 Å². The highest BCUT2D eigenvalue weighted by molar-refractivity contribution is 7.99. The normalized spacial score (nSPS) is 12.6. The number of hydrogen-bond donors (Lipinski definition) is 0. The molecule has 0 radical (unpaired) electrons. The summed E-state index contributed by atoms with van der Waals surface area (Å²) in [6, 6.07) is 11.5. The van der Waals surface area contributed by atoms with Gasteiger partial charge in [0.25, 0.3) is 0 Å². The lowest BCUT2D eigenvalue weighted by Crippen LogP contribution is -2.22. The molecule has 1 unspecified atom stereocenters. The van der Waals surface area contributed by atoms with E-state index in [-0.39, 0.29) is 12.4 Å². The topological polar surface area (TPSA) is 52.3 Å². The first kappa shape index (κ1) is 24.9. The molecular formula is C25H26F3NO3S. The van der Waals surface area contributed by atoms with E-state index in [4.69, 9.17) is 9.15 Å². The Morgan fingerprint density at radius 2 is 2.00 bits per heavy atom. The summed E-state index contributed by atoms with van der Waals surface area (Å²) in [6.45, 7) is 7.06. The van der Waals surface area contributed by atoms with Crippen LogP contribution in [0.5, 0.6) is 0 Å². The fraction of sp³-hybridized carbons (Fsp3) is 0.360. The van der Waals surface area contributed by atoms with Gasteiger partial charge in [0, 0.05) is 39.3 Å². The lowest BCUT2D eigenvalue weighted by atomic mass is 10.1. The van der Waals surface area contributed by atoms with Crippen molar-refractivity contribution in [3.8, 4) is 11.3 Å². The van der Waals surface area contributed by atoms with E-state index in [1.807, 2.05) is 43.3 Å². The molecule has 1 atom stereocenters. The Morgan fingerprint density at radius 1 is 1.21 bits per heavy atom. The summed E-state index contributed by atoms with van der Waals surface area (Å²) in [5.74, 6) is -0.738. The lowest BCUT2D eigenvalue weighted by molar-refractivity contribution is -0.153. The minimum atomic E-state index is -4.34. The van der Waals surface area contributed by atoms with Gasteiger partial charge in [-0.1, -0.05) is 20.4 Å². The van der Waals surface area contributed by atoms with Crippen LogP contribution in [-0.4, -0.2) is 29.5 Å². The van der Waals surface area contributed by atoms with Gasteiger partial charge in [0.1, 0.15) is 11.3 Å². The summed E-state index contributed by atoms with van der Waals surface area (Å²) in [6.07, 6.45) is -2.80. The van der Waals surface area contributed by atoms with E-state index >= 15 is 0 Å². The van der Waals surface area contributed by atoms with Crippen molar-refractivity contribution in [3.63, 3.8) is 0 Å². The van der Waals surface area contributed by atoms with Gasteiger partial charge in [-0.25, -0.2) is 4.79 Å². The summed E-state index contributed by atoms with van der Waals surface area (Å²) in [5.41, 5.74) is 3.58. The maximum Gasteiger partial charge on any atom is 0.389 e. The number of rotatable bonds is 10. The fourth-order valence-electron chi connectivity index (χ4n) is 3.44. The molecule has 3 rings (SSSR count). The van der Waals surface area contributed by atoms with Crippen LogP contribution in [0.25, 0.3) is 22.3 Å². The monoisotopic (exact) mass is 477 g/mol. The van der Waals surface area contributed by atoms with E-state index in [1.165, 1.54) is 11.8 Å². The molecule has 33 heavy (non-hydrogen) atoms. The zero-order valence-electron chi connectivity index (χ0n) is 18.6. The fourth-order valence-corrected chi connectivity index (χ4v) is 4.43. The van der Waals surface area contributed by atoms with E-state index in [2.05, 4.69) is 18.5 Å². The van der Waals surface area contributed by atoms with Crippen molar-refractivity contribution < 1.29 is 27.1 Å². The molecule has 0 bridgehead atoms. The number of fused-ring (bicyclic) bond motifs is 1. The number of hydrogen-bond acceptors (Lipinski definition) is 5. The first-order valence-corrected chi connectivity index (χ1v) is 11.7. The standard InChI is InChI=1S/C25H26F3NO3S/c1-4-18-8-10-20(21(5-2)29-18)23-11-17-7-9-19(12-22(17)32-23)33-15-16(13-25(26,27)28)14-31-24(30)6-3/h6-12,16H,3-5,13-15H2,1-2H3. The Hall–Kier alpha value is -2.74. The molecule has 4 nitrogen and oxygen atoms in total. The summed E-state index contributed by atoms with van der Waals surface area (Å²) in [5, 5.41) is 0.905. The van der Waals surface area contributed by atoms with Crippen molar-refractivity contribution >= 4 is 28.7 Å². The van der Waals surface area contributed by atoms with Gasteiger partial charge < -0.3 is 9.15 Å². The van der Waals surface area contributed by atoms with Crippen LogP contribution < -0.4 is 0 Å². The molecule has 8 heteroatoms. The molecule has 2 heterocycles. The molecule has 0 aliphatic rings. The van der Waals surface area contributed by atoms with Crippen LogP contribution in [0.2, 0.25) is 0 Å². The van der Waals surface area contributed by atoms with E-state index in [1.54, 1.807) is 0 Å². The van der Waals surface area contributed by atoms with Gasteiger partial charge in [-0.2, -0.15) is 13.2 Å². The number of aryl methyl sites for hydroxylation is 2. The summed E-state index contributed by atoms with van der Waals surface area (Å²) < 4.78 is 49.7. The number of carbonyl (C=O) groups is 1. The van der Waals surface area contributed by atoms with Crippen LogP contribution in [0, 0.1) is 5.92 Å². The number of benzene rings is 1. The first-order chi connectivity index (χ1) is 15.7. The first-order valence-electron chi connectivity index (χ1n) is 10.7. The molecule has 1 aromatic carbocycles. The minimum absolute atomic E-state index is 0.144. The van der Waals surface area contributed by atoms with E-state index < -0.39 is 24.5 Å². The molecule has 0 saturated carbocycles. The highest BCUT2D eigenvalue weighted by Gasteiger charge is 2.32. The third-order valence-corrected chi connectivity index (χ3v) is 6.35. The minimum Gasteiger partial charge on any atom is -0.462 e. The number of halogens is 3. The Morgan fingerprint density at radius 3 is 2.67 bits per heavy atom. The number of ether oxygens (including phenoxy) is 1. The highest BCUT2D eigenvalue weighted by Crippen LogP contribution is 2.34. The number of aromatic nitrogens is 1. The van der Waals surface area contributed by atoms with E-state index in [0.717, 1.165) is 46.2 Å². The number of carbonyl (C=O) groups excluding carboxylic acids is 1. The van der Waals surface area contributed by atoms with Gasteiger partial charge >= 0.3 is 12.1 Å². The number of furan rings is 1. The maximum absolute atomic E-state index is 12.9. The number of esters is 1. The highest BCUT2D eigenvalue weighted by atomic mass is 32.2. The Balaban J connectivity index is 1.76. The molecule has 2 aromatic heterocycles. The summed E-state index contributed by atoms with van der Waals surface area (Å²) in [7, 11) is 0. The van der Waals surface area contributed by atoms with E-state index in [9.17, 15) is 18.0 Å². The predicted octanol–water partition coefficient (Wildman–Crippen LogP) is 7.01. The second-order valence-electron chi connectivity index (χ2n) is 7.64. The van der Waals surface area contributed by atoms with Gasteiger partial charge in [-0.3, -0.25) is 4.98 Å². The van der Waals surface area contributed by atoms with Crippen molar-refractivity contribution in [2.45, 2.75) is 44.2 Å². The van der Waals surface area contributed by atoms with Crippen LogP contribution >= 0.6 is 11.8 Å². The van der Waals surface area contributed by atoms with Gasteiger partial charge in [-0.05, 0) is 49.2 Å². The molecule has 0 aliphatic carbocycles. The molecule has 176 valence electrons. The van der Waals surface area contributed by atoms with Gasteiger partial charge in [0.05, 0.1) is 18.7 Å². The molecule has 0 aliphatic heterocycles. The van der Waals surface area contributed by atoms with Crippen LogP contribution in [-0.2, 0) is 22.4 Å². The molecule has 0 amide bonds. The molecule has 0 N–H and O–H groups in total. The van der Waals surface area contributed by atoms with Crippen molar-refractivity contribution in [1.82, 2.24) is 4.98 Å². The lowest BCUT2D eigenvalue weighted by Gasteiger charge is -2.18. The maximum atomic E-state index is 12.9. The zero-order chi connectivity index (χ0) is 24.0. The Labute approximate surface area is 195 Å². The van der Waals surface area contributed by atoms with Crippen LogP contribution in [0.3, 0.4) is 0 Å². The average Bonchev–Trinajstić information content (AvgIpc) is 3.22. The quantitative estimate of drug-likeness (QED) is 0.179. The van der Waals surface area contributed by atoms with Crippen LogP contribution in [0.4, 0.5) is 13.2 Å². The van der Waals surface area contributed by atoms with Gasteiger partial charge in [-0.15, -0.1) is 11.8 Å². The molecule has 0 spiro atoms. The SMILES string of the molecule is C=CC(=O)OCC(CSc1ccc2cc(-c3ccc(CC)nc3CC)oc2c1)CC(F)(F)F. The van der Waals surface area contributed by atoms with Crippen molar-refractivity contribution in [2.75, 3.05) is 12.4 Å². The van der Waals surface area contributed by atoms with Crippen molar-refractivity contribution in [3.05, 3.63) is 60.4 Å². The number of thioether (sulfide) groups is 1. The van der Waals surface area contributed by atoms with Crippen LogP contribution in [0.1, 0.15) is 31.7 Å². The van der Waals surface area contributed by atoms with Gasteiger partial charge in [0.15, 0.2) is 0 Å².